The minimum Gasteiger partial charge on any atom is -0.439 e. The Labute approximate surface area is 189 Å². The molecule has 31 heavy (non-hydrogen) atoms. The van der Waals surface area contributed by atoms with Crippen LogP contribution in [0.3, 0.4) is 0 Å². The molecule has 174 valence electrons. The number of aliphatic hydroxyl groups is 2. The van der Waals surface area contributed by atoms with Gasteiger partial charge in [-0.25, -0.2) is 9.59 Å². The van der Waals surface area contributed by atoms with Crippen LogP contribution in [0.5, 0.6) is 0 Å². The first-order valence-corrected chi connectivity index (χ1v) is 11.0. The standard InChI is InChI=1S/C20H29BrN2O8/c1-12(2)23-20(27)30-16-15(25)14(11-24)29-18(28-9-8-21)17(16)31-19(26)22-10-13-6-4-3-5-7-13/h3-7,12,14-18,24-25H,8-11H2,1-2H3,(H,22,26)(H,23,27)/t14-,15-,16+,17-,18-/m1/s1. The molecule has 1 heterocycles. The van der Waals surface area contributed by atoms with Gasteiger partial charge >= 0.3 is 12.2 Å². The summed E-state index contributed by atoms with van der Waals surface area (Å²) in [6.45, 7) is 3.33. The Morgan fingerprint density at radius 1 is 1.16 bits per heavy atom. The van der Waals surface area contributed by atoms with Crippen LogP contribution >= 0.6 is 15.9 Å². The van der Waals surface area contributed by atoms with Gasteiger partial charge in [0.05, 0.1) is 13.2 Å². The first-order valence-electron chi connectivity index (χ1n) is 9.93. The zero-order valence-corrected chi connectivity index (χ0v) is 19.0. The molecular formula is C20H29BrN2O8. The van der Waals surface area contributed by atoms with Crippen molar-refractivity contribution in [1.29, 1.82) is 0 Å². The van der Waals surface area contributed by atoms with Gasteiger partial charge in [0.2, 0.25) is 0 Å². The molecule has 4 N–H and O–H groups in total. The maximum Gasteiger partial charge on any atom is 0.408 e. The van der Waals surface area contributed by atoms with E-state index in [1.165, 1.54) is 0 Å². The summed E-state index contributed by atoms with van der Waals surface area (Å²) >= 11 is 3.23. The van der Waals surface area contributed by atoms with Gasteiger partial charge in [-0.05, 0) is 19.4 Å². The maximum atomic E-state index is 12.4. The minimum atomic E-state index is -1.45. The van der Waals surface area contributed by atoms with Crippen LogP contribution in [0.1, 0.15) is 19.4 Å². The fourth-order valence-corrected chi connectivity index (χ4v) is 3.11. The minimum absolute atomic E-state index is 0.190. The number of halogens is 1. The van der Waals surface area contributed by atoms with Gasteiger partial charge in [0.25, 0.3) is 0 Å². The molecule has 10 nitrogen and oxygen atoms in total. The lowest BCUT2D eigenvalue weighted by Gasteiger charge is -2.42. The van der Waals surface area contributed by atoms with E-state index in [-0.39, 0.29) is 19.2 Å². The second kappa shape index (κ2) is 12.8. The third kappa shape index (κ3) is 7.93. The number of carbonyl (C=O) groups excluding carboxylic acids is 2. The summed E-state index contributed by atoms with van der Waals surface area (Å²) in [5.41, 5.74) is 0.857. The van der Waals surface area contributed by atoms with Crippen LogP contribution in [0.15, 0.2) is 30.3 Å². The molecule has 0 saturated carbocycles. The Kier molecular flexibility index (Phi) is 10.5. The highest BCUT2D eigenvalue weighted by Crippen LogP contribution is 2.27. The highest BCUT2D eigenvalue weighted by Gasteiger charge is 2.50. The van der Waals surface area contributed by atoms with E-state index in [0.717, 1.165) is 5.56 Å². The molecule has 0 aromatic heterocycles. The zero-order chi connectivity index (χ0) is 22.8. The van der Waals surface area contributed by atoms with Crippen LogP contribution in [0.4, 0.5) is 9.59 Å². The highest BCUT2D eigenvalue weighted by molar-refractivity contribution is 9.09. The summed E-state index contributed by atoms with van der Waals surface area (Å²) < 4.78 is 21.9. The molecule has 1 aliphatic heterocycles. The van der Waals surface area contributed by atoms with Crippen molar-refractivity contribution in [3.05, 3.63) is 35.9 Å². The Hall–Kier alpha value is -1.92. The number of amides is 2. The van der Waals surface area contributed by atoms with Gasteiger partial charge in [0, 0.05) is 17.9 Å². The predicted molar refractivity (Wildman–Crippen MR) is 114 cm³/mol. The van der Waals surface area contributed by atoms with Crippen molar-refractivity contribution in [3.8, 4) is 0 Å². The van der Waals surface area contributed by atoms with Gasteiger partial charge in [-0.15, -0.1) is 0 Å². The second-order valence-electron chi connectivity index (χ2n) is 7.15. The van der Waals surface area contributed by atoms with Gasteiger partial charge < -0.3 is 39.8 Å². The number of nitrogens with one attached hydrogen (secondary N) is 2. The first-order chi connectivity index (χ1) is 14.8. The second-order valence-corrected chi connectivity index (χ2v) is 7.95. The van der Waals surface area contributed by atoms with Crippen molar-refractivity contribution in [2.45, 2.75) is 57.1 Å². The van der Waals surface area contributed by atoms with Crippen LogP contribution in [-0.4, -0.2) is 77.7 Å². The number of hydrogen-bond donors (Lipinski definition) is 4. The van der Waals surface area contributed by atoms with Crippen LogP contribution in [0.2, 0.25) is 0 Å². The van der Waals surface area contributed by atoms with Crippen molar-refractivity contribution in [3.63, 3.8) is 0 Å². The summed E-state index contributed by atoms with van der Waals surface area (Å²) in [6, 6.07) is 8.99. The lowest BCUT2D eigenvalue weighted by molar-refractivity contribution is -0.297. The number of rotatable bonds is 9. The molecule has 5 atom stereocenters. The summed E-state index contributed by atoms with van der Waals surface area (Å²) in [6.07, 6.45) is -7.92. The molecule has 1 saturated heterocycles. The van der Waals surface area contributed by atoms with E-state index in [0.29, 0.717) is 5.33 Å². The molecular weight excluding hydrogens is 476 g/mol. The van der Waals surface area contributed by atoms with Gasteiger partial charge in [0.15, 0.2) is 18.5 Å². The third-order valence-electron chi connectivity index (χ3n) is 4.33. The highest BCUT2D eigenvalue weighted by atomic mass is 79.9. The van der Waals surface area contributed by atoms with Crippen molar-refractivity contribution >= 4 is 28.1 Å². The lowest BCUT2D eigenvalue weighted by atomic mass is 9.99. The third-order valence-corrected chi connectivity index (χ3v) is 4.65. The van der Waals surface area contributed by atoms with Crippen LogP contribution < -0.4 is 10.6 Å². The van der Waals surface area contributed by atoms with Crippen molar-refractivity contribution in [2.75, 3.05) is 18.5 Å². The lowest BCUT2D eigenvalue weighted by Crippen LogP contribution is -2.62. The van der Waals surface area contributed by atoms with E-state index in [9.17, 15) is 19.8 Å². The van der Waals surface area contributed by atoms with E-state index >= 15 is 0 Å². The molecule has 0 aliphatic carbocycles. The molecule has 0 bridgehead atoms. The van der Waals surface area contributed by atoms with Crippen LogP contribution in [0.25, 0.3) is 0 Å². The smallest absolute Gasteiger partial charge is 0.408 e. The number of aliphatic hydroxyl groups excluding tert-OH is 2. The number of alkyl carbamates (subject to hydrolysis) is 2. The normalized spacial score (nSPS) is 25.7. The van der Waals surface area contributed by atoms with Crippen molar-refractivity contribution in [1.82, 2.24) is 10.6 Å². The quantitative estimate of drug-likeness (QED) is 0.369. The fraction of sp³-hybridized carbons (Fsp3) is 0.600. The largest absolute Gasteiger partial charge is 0.439 e. The number of ether oxygens (including phenoxy) is 4. The van der Waals surface area contributed by atoms with E-state index in [1.807, 2.05) is 30.3 Å². The Morgan fingerprint density at radius 2 is 1.84 bits per heavy atom. The van der Waals surface area contributed by atoms with E-state index in [4.69, 9.17) is 18.9 Å². The topological polar surface area (TPSA) is 136 Å². The van der Waals surface area contributed by atoms with Gasteiger partial charge in [-0.3, -0.25) is 0 Å². The van der Waals surface area contributed by atoms with Crippen LogP contribution in [0, 0.1) is 0 Å². The van der Waals surface area contributed by atoms with Gasteiger partial charge in [0.1, 0.15) is 12.2 Å². The number of hydrogen-bond acceptors (Lipinski definition) is 8. The summed E-state index contributed by atoms with van der Waals surface area (Å²) in [4.78, 5) is 24.6. The molecule has 1 aliphatic rings. The van der Waals surface area contributed by atoms with Crippen LogP contribution in [-0.2, 0) is 25.5 Å². The number of benzene rings is 1. The summed E-state index contributed by atoms with van der Waals surface area (Å²) in [5, 5.41) is 25.7. The molecule has 11 heteroatoms. The molecule has 1 aromatic carbocycles. The Bertz CT molecular complexity index is 693. The fourth-order valence-electron chi connectivity index (χ4n) is 2.92. The molecule has 2 amide bonds. The Morgan fingerprint density at radius 3 is 2.45 bits per heavy atom. The summed E-state index contributed by atoms with van der Waals surface area (Å²) in [5.74, 6) is 0. The molecule has 0 unspecified atom stereocenters. The molecule has 2 rings (SSSR count). The van der Waals surface area contributed by atoms with Gasteiger partial charge in [-0.2, -0.15) is 0 Å². The van der Waals surface area contributed by atoms with E-state index in [1.54, 1.807) is 13.8 Å². The zero-order valence-electron chi connectivity index (χ0n) is 17.4. The number of carbonyl (C=O) groups is 2. The molecule has 1 fully saturated rings. The summed E-state index contributed by atoms with van der Waals surface area (Å²) in [7, 11) is 0. The van der Waals surface area contributed by atoms with E-state index in [2.05, 4.69) is 26.6 Å². The number of alkyl halides is 1. The predicted octanol–water partition coefficient (Wildman–Crippen LogP) is 1.27. The average molecular weight is 505 g/mol. The maximum absolute atomic E-state index is 12.4. The monoisotopic (exact) mass is 504 g/mol. The SMILES string of the molecule is CC(C)NC(=O)O[C@H]1[C@H](O)[C@@H](CO)O[C@@H](OCCBr)[C@@H]1OC(=O)NCc1ccccc1. The van der Waals surface area contributed by atoms with E-state index < -0.39 is 49.5 Å². The van der Waals surface area contributed by atoms with Crippen molar-refractivity contribution in [2.24, 2.45) is 0 Å². The molecule has 1 aromatic rings. The van der Waals surface area contributed by atoms with Gasteiger partial charge in [-0.1, -0.05) is 46.3 Å². The molecule has 0 radical (unpaired) electrons. The molecule has 0 spiro atoms. The Balaban J connectivity index is 2.14. The first kappa shape index (κ1) is 25.3. The van der Waals surface area contributed by atoms with Crippen molar-refractivity contribution < 1.29 is 38.7 Å². The average Bonchev–Trinajstić information content (AvgIpc) is 2.74.